The number of anilines is 3. The maximum absolute atomic E-state index is 6.62. The molecule has 244 valence electrons. The monoisotopic (exact) mass is 667 g/mol. The molecule has 4 nitrogen and oxygen atoms in total. The lowest BCUT2D eigenvalue weighted by Crippen LogP contribution is -2.09. The molecule has 0 spiro atoms. The van der Waals surface area contributed by atoms with Gasteiger partial charge in [0.2, 0.25) is 0 Å². The Bertz CT molecular complexity index is 3090. The summed E-state index contributed by atoms with van der Waals surface area (Å²) in [5, 5.41) is 6.54. The summed E-state index contributed by atoms with van der Waals surface area (Å²) in [6.45, 7) is 0. The van der Waals surface area contributed by atoms with Crippen LogP contribution in [0.3, 0.4) is 0 Å². The van der Waals surface area contributed by atoms with Gasteiger partial charge in [-0.25, -0.2) is 0 Å². The SMILES string of the molecule is c1ccc(N(c2ccccc2)c2ccc3oc4c(-c5ccc6c(c5)oc5ccc(-c7cccc8c7oc7ccccc78)cc56)cccc4c3c2)cc1. The average Bonchev–Trinajstić information content (AvgIpc) is 3.89. The fourth-order valence-electron chi connectivity index (χ4n) is 7.84. The van der Waals surface area contributed by atoms with E-state index in [0.29, 0.717) is 0 Å². The van der Waals surface area contributed by atoms with E-state index in [0.717, 1.165) is 105 Å². The molecule has 0 atom stereocenters. The Morgan fingerprint density at radius 1 is 0.288 bits per heavy atom. The molecular weight excluding hydrogens is 639 g/mol. The van der Waals surface area contributed by atoms with E-state index in [1.807, 2.05) is 24.3 Å². The second-order valence-corrected chi connectivity index (χ2v) is 13.3. The van der Waals surface area contributed by atoms with Gasteiger partial charge < -0.3 is 18.2 Å². The first-order chi connectivity index (χ1) is 25.8. The quantitative estimate of drug-likeness (QED) is 0.183. The van der Waals surface area contributed by atoms with Crippen molar-refractivity contribution in [1.29, 1.82) is 0 Å². The predicted molar refractivity (Wildman–Crippen MR) is 214 cm³/mol. The van der Waals surface area contributed by atoms with Gasteiger partial charge in [0.15, 0.2) is 0 Å². The number of hydrogen-bond donors (Lipinski definition) is 0. The number of benzene rings is 8. The lowest BCUT2D eigenvalue weighted by molar-refractivity contribution is 0.667. The van der Waals surface area contributed by atoms with Gasteiger partial charge in [-0.15, -0.1) is 0 Å². The van der Waals surface area contributed by atoms with E-state index in [2.05, 4.69) is 157 Å². The maximum atomic E-state index is 6.62. The molecular formula is C48H29NO3. The zero-order chi connectivity index (χ0) is 34.2. The first kappa shape index (κ1) is 28.8. The Balaban J connectivity index is 1.01. The molecule has 8 aromatic carbocycles. The fourth-order valence-corrected chi connectivity index (χ4v) is 7.84. The van der Waals surface area contributed by atoms with Crippen LogP contribution in [0.4, 0.5) is 17.1 Å². The summed E-state index contributed by atoms with van der Waals surface area (Å²) in [5.74, 6) is 0. The lowest BCUT2D eigenvalue weighted by atomic mass is 9.99. The van der Waals surface area contributed by atoms with Crippen molar-refractivity contribution in [3.05, 3.63) is 176 Å². The highest BCUT2D eigenvalue weighted by Crippen LogP contribution is 2.43. The van der Waals surface area contributed by atoms with E-state index in [1.165, 1.54) is 0 Å². The highest BCUT2D eigenvalue weighted by molar-refractivity contribution is 6.14. The Morgan fingerprint density at radius 3 is 1.54 bits per heavy atom. The van der Waals surface area contributed by atoms with E-state index in [1.54, 1.807) is 0 Å². The Kier molecular flexibility index (Phi) is 6.22. The van der Waals surface area contributed by atoms with Crippen LogP contribution in [0.15, 0.2) is 189 Å². The first-order valence-corrected chi connectivity index (χ1v) is 17.5. The molecule has 0 radical (unpaired) electrons. The molecule has 3 aromatic heterocycles. The third-order valence-corrected chi connectivity index (χ3v) is 10.3. The number of hydrogen-bond acceptors (Lipinski definition) is 4. The number of fused-ring (bicyclic) bond motifs is 9. The average molecular weight is 668 g/mol. The minimum absolute atomic E-state index is 0.836. The Hall–Kier alpha value is -7.04. The van der Waals surface area contributed by atoms with Crippen molar-refractivity contribution >= 4 is 82.9 Å². The van der Waals surface area contributed by atoms with Crippen molar-refractivity contribution in [1.82, 2.24) is 0 Å². The second-order valence-electron chi connectivity index (χ2n) is 13.3. The molecule has 11 rings (SSSR count). The first-order valence-electron chi connectivity index (χ1n) is 17.5. The van der Waals surface area contributed by atoms with Crippen LogP contribution in [0.5, 0.6) is 0 Å². The van der Waals surface area contributed by atoms with Crippen LogP contribution >= 0.6 is 0 Å². The molecule has 0 saturated carbocycles. The largest absolute Gasteiger partial charge is 0.456 e. The van der Waals surface area contributed by atoms with Crippen LogP contribution in [0.1, 0.15) is 0 Å². The molecule has 0 fully saturated rings. The molecule has 11 aromatic rings. The summed E-state index contributed by atoms with van der Waals surface area (Å²) in [5.41, 5.74) is 12.7. The highest BCUT2D eigenvalue weighted by Gasteiger charge is 2.19. The van der Waals surface area contributed by atoms with Crippen LogP contribution in [-0.2, 0) is 0 Å². The predicted octanol–water partition coefficient (Wildman–Crippen LogP) is 14.2. The molecule has 0 amide bonds. The van der Waals surface area contributed by atoms with Crippen molar-refractivity contribution in [2.24, 2.45) is 0 Å². The van der Waals surface area contributed by atoms with Crippen LogP contribution in [0, 0.1) is 0 Å². The van der Waals surface area contributed by atoms with E-state index in [4.69, 9.17) is 13.3 Å². The van der Waals surface area contributed by atoms with Gasteiger partial charge in [-0.3, -0.25) is 0 Å². The molecule has 0 bridgehead atoms. The van der Waals surface area contributed by atoms with Gasteiger partial charge in [-0.2, -0.15) is 0 Å². The van der Waals surface area contributed by atoms with Crippen molar-refractivity contribution < 1.29 is 13.3 Å². The lowest BCUT2D eigenvalue weighted by Gasteiger charge is -2.25. The standard InChI is InChI=1S/C48H29NO3/c1-3-11-32(12-4-1)49(33-13-5-2-6-14-33)34-23-26-45-42(29-34)40-19-10-17-36(48(40)52-45)31-21-24-38-41-27-30(22-25-44(41)50-46(38)28-31)35-16-9-18-39-37-15-7-8-20-43(37)51-47(35)39/h1-29H. The Labute approximate surface area is 298 Å². The number of nitrogens with zero attached hydrogens (tertiary/aromatic N) is 1. The van der Waals surface area contributed by atoms with E-state index in [-0.39, 0.29) is 0 Å². The molecule has 0 aliphatic carbocycles. The van der Waals surface area contributed by atoms with Crippen LogP contribution in [-0.4, -0.2) is 0 Å². The third-order valence-electron chi connectivity index (χ3n) is 10.3. The van der Waals surface area contributed by atoms with Crippen LogP contribution < -0.4 is 4.90 Å². The van der Waals surface area contributed by atoms with E-state index < -0.39 is 0 Å². The summed E-state index contributed by atoms with van der Waals surface area (Å²) >= 11 is 0. The number of rotatable bonds is 5. The van der Waals surface area contributed by atoms with Crippen LogP contribution in [0.2, 0.25) is 0 Å². The third kappa shape index (κ3) is 4.41. The van der Waals surface area contributed by atoms with Crippen molar-refractivity contribution in [2.45, 2.75) is 0 Å². The van der Waals surface area contributed by atoms with Gasteiger partial charge in [0.1, 0.15) is 33.5 Å². The number of furan rings is 3. The topological polar surface area (TPSA) is 42.7 Å². The van der Waals surface area contributed by atoms with Crippen molar-refractivity contribution in [2.75, 3.05) is 4.90 Å². The van der Waals surface area contributed by atoms with Gasteiger partial charge in [0.25, 0.3) is 0 Å². The molecule has 4 heteroatoms. The zero-order valence-electron chi connectivity index (χ0n) is 27.9. The fraction of sp³-hybridized carbons (Fsp3) is 0. The summed E-state index contributed by atoms with van der Waals surface area (Å²) in [6, 6.07) is 61.2. The van der Waals surface area contributed by atoms with Gasteiger partial charge in [0, 0.05) is 60.5 Å². The molecule has 52 heavy (non-hydrogen) atoms. The molecule has 0 aliphatic rings. The smallest absolute Gasteiger partial charge is 0.143 e. The normalized spacial score (nSPS) is 11.8. The summed E-state index contributed by atoms with van der Waals surface area (Å²) < 4.78 is 19.5. The molecule has 0 saturated heterocycles. The van der Waals surface area contributed by atoms with Gasteiger partial charge >= 0.3 is 0 Å². The number of para-hydroxylation sites is 5. The van der Waals surface area contributed by atoms with Gasteiger partial charge in [-0.1, -0.05) is 103 Å². The van der Waals surface area contributed by atoms with Crippen LogP contribution in [0.25, 0.3) is 88.1 Å². The molecule has 0 unspecified atom stereocenters. The van der Waals surface area contributed by atoms with E-state index in [9.17, 15) is 0 Å². The summed E-state index contributed by atoms with van der Waals surface area (Å²) in [6.07, 6.45) is 0. The maximum Gasteiger partial charge on any atom is 0.143 e. The van der Waals surface area contributed by atoms with Crippen molar-refractivity contribution in [3.8, 4) is 22.3 Å². The van der Waals surface area contributed by atoms with Crippen molar-refractivity contribution in [3.63, 3.8) is 0 Å². The highest BCUT2D eigenvalue weighted by atomic mass is 16.3. The second kappa shape index (κ2) is 11.2. The molecule has 0 aliphatic heterocycles. The summed E-state index contributed by atoms with van der Waals surface area (Å²) in [4.78, 5) is 2.28. The zero-order valence-corrected chi connectivity index (χ0v) is 27.9. The molecule has 0 N–H and O–H groups in total. The Morgan fingerprint density at radius 2 is 0.808 bits per heavy atom. The minimum Gasteiger partial charge on any atom is -0.456 e. The summed E-state index contributed by atoms with van der Waals surface area (Å²) in [7, 11) is 0. The van der Waals surface area contributed by atoms with Gasteiger partial charge in [0.05, 0.1) is 0 Å². The molecule has 3 heterocycles. The van der Waals surface area contributed by atoms with Gasteiger partial charge in [-0.05, 0) is 83.9 Å². The minimum atomic E-state index is 0.836. The van der Waals surface area contributed by atoms with E-state index >= 15 is 0 Å².